The number of carbonyl (C=O) groups is 2. The van der Waals surface area contributed by atoms with Gasteiger partial charge in [0.15, 0.2) is 0 Å². The van der Waals surface area contributed by atoms with Crippen molar-refractivity contribution in [2.45, 2.75) is 45.7 Å². The summed E-state index contributed by atoms with van der Waals surface area (Å²) >= 11 is 0. The van der Waals surface area contributed by atoms with Gasteiger partial charge in [0.25, 0.3) is 0 Å². The molecule has 1 rings (SSSR count). The number of carboxylic acids is 1. The fourth-order valence-electron chi connectivity index (χ4n) is 1.62. The van der Waals surface area contributed by atoms with Gasteiger partial charge in [-0.2, -0.15) is 0 Å². The monoisotopic (exact) mass is 242 g/mol. The van der Waals surface area contributed by atoms with E-state index in [9.17, 15) is 9.59 Å². The van der Waals surface area contributed by atoms with Crippen molar-refractivity contribution < 1.29 is 14.7 Å². The number of hydrogen-bond donors (Lipinski definition) is 1. The molecule has 0 aromatic rings. The first-order chi connectivity index (χ1) is 7.84. The van der Waals surface area contributed by atoms with Crippen molar-refractivity contribution >= 4 is 12.0 Å². The molecule has 1 fully saturated rings. The molecule has 0 saturated heterocycles. The Bertz CT molecular complexity index is 300. The first-order valence-corrected chi connectivity index (χ1v) is 6.10. The van der Waals surface area contributed by atoms with Crippen molar-refractivity contribution in [3.63, 3.8) is 0 Å². The zero-order valence-electron chi connectivity index (χ0n) is 11.0. The highest BCUT2D eigenvalue weighted by Gasteiger charge is 2.32. The van der Waals surface area contributed by atoms with Gasteiger partial charge in [-0.15, -0.1) is 0 Å². The Kier molecular flexibility index (Phi) is 4.37. The summed E-state index contributed by atoms with van der Waals surface area (Å²) < 4.78 is 0. The molecule has 1 N–H and O–H groups in total. The van der Waals surface area contributed by atoms with Crippen molar-refractivity contribution in [3.05, 3.63) is 0 Å². The largest absolute Gasteiger partial charge is 0.480 e. The van der Waals surface area contributed by atoms with Gasteiger partial charge in [-0.25, -0.2) is 9.59 Å². The van der Waals surface area contributed by atoms with E-state index in [1.807, 2.05) is 13.8 Å². The summed E-state index contributed by atoms with van der Waals surface area (Å²) in [5, 5.41) is 8.90. The molecule has 0 aromatic carbocycles. The molecule has 0 aromatic heterocycles. The quantitative estimate of drug-likeness (QED) is 0.797. The maximum absolute atomic E-state index is 12.2. The predicted octanol–water partition coefficient (Wildman–Crippen LogP) is 1.63. The Balaban J connectivity index is 2.65. The molecule has 0 spiro atoms. The molecule has 1 aliphatic rings. The van der Waals surface area contributed by atoms with Gasteiger partial charge in [0, 0.05) is 19.6 Å². The number of amides is 2. The molecule has 98 valence electrons. The van der Waals surface area contributed by atoms with Crippen LogP contribution in [0.4, 0.5) is 4.79 Å². The van der Waals surface area contributed by atoms with E-state index < -0.39 is 12.0 Å². The molecule has 1 aliphatic carbocycles. The minimum Gasteiger partial charge on any atom is -0.480 e. The molecule has 1 unspecified atom stereocenters. The normalized spacial score (nSPS) is 16.8. The highest BCUT2D eigenvalue weighted by atomic mass is 16.4. The number of nitrogens with zero attached hydrogens (tertiary/aromatic N) is 2. The first kappa shape index (κ1) is 13.8. The molecule has 1 saturated carbocycles. The van der Waals surface area contributed by atoms with Gasteiger partial charge in [0.1, 0.15) is 6.04 Å². The van der Waals surface area contributed by atoms with E-state index in [4.69, 9.17) is 5.11 Å². The fourth-order valence-corrected chi connectivity index (χ4v) is 1.62. The number of carbonyl (C=O) groups excluding carboxylic acids is 1. The summed E-state index contributed by atoms with van der Waals surface area (Å²) in [6, 6.07) is -0.878. The summed E-state index contributed by atoms with van der Waals surface area (Å²) in [7, 11) is 1.55. The van der Waals surface area contributed by atoms with Gasteiger partial charge in [-0.3, -0.25) is 0 Å². The maximum Gasteiger partial charge on any atom is 0.326 e. The second kappa shape index (κ2) is 5.38. The molecule has 0 heterocycles. The van der Waals surface area contributed by atoms with E-state index in [1.54, 1.807) is 11.9 Å². The van der Waals surface area contributed by atoms with Gasteiger partial charge in [0.05, 0.1) is 0 Å². The van der Waals surface area contributed by atoms with E-state index in [-0.39, 0.29) is 12.1 Å². The van der Waals surface area contributed by atoms with Crippen LogP contribution in [0.25, 0.3) is 0 Å². The molecule has 0 radical (unpaired) electrons. The molecular formula is C12H22N2O3. The summed E-state index contributed by atoms with van der Waals surface area (Å²) in [4.78, 5) is 26.1. The molecule has 0 aliphatic heterocycles. The van der Waals surface area contributed by atoms with Gasteiger partial charge in [-0.05, 0) is 39.5 Å². The van der Waals surface area contributed by atoms with Crippen LogP contribution in [0, 0.1) is 5.92 Å². The highest BCUT2D eigenvalue weighted by Crippen LogP contribution is 2.30. The van der Waals surface area contributed by atoms with E-state index in [0.717, 1.165) is 6.54 Å². The predicted molar refractivity (Wildman–Crippen MR) is 64.8 cm³/mol. The van der Waals surface area contributed by atoms with Crippen LogP contribution >= 0.6 is 0 Å². The van der Waals surface area contributed by atoms with Gasteiger partial charge < -0.3 is 14.9 Å². The second-order valence-electron chi connectivity index (χ2n) is 5.10. The van der Waals surface area contributed by atoms with Crippen LogP contribution < -0.4 is 0 Å². The van der Waals surface area contributed by atoms with E-state index >= 15 is 0 Å². The van der Waals surface area contributed by atoms with Crippen molar-refractivity contribution in [1.82, 2.24) is 9.80 Å². The minimum atomic E-state index is -0.976. The number of rotatable bonds is 5. The topological polar surface area (TPSA) is 60.9 Å². The van der Waals surface area contributed by atoms with Gasteiger partial charge >= 0.3 is 12.0 Å². The Labute approximate surface area is 102 Å². The lowest BCUT2D eigenvalue weighted by Crippen LogP contribution is -2.50. The summed E-state index contributed by atoms with van der Waals surface area (Å²) in [5.74, 6) is -0.370. The van der Waals surface area contributed by atoms with Crippen LogP contribution in [0.1, 0.15) is 33.6 Å². The van der Waals surface area contributed by atoms with Crippen LogP contribution in [0.2, 0.25) is 0 Å². The zero-order valence-corrected chi connectivity index (χ0v) is 11.0. The zero-order chi connectivity index (χ0) is 13.2. The second-order valence-corrected chi connectivity index (χ2v) is 5.10. The third kappa shape index (κ3) is 3.61. The standard InChI is InChI=1S/C12H22N2O3/c1-8(2)14(7-10-5-6-10)12(17)13(4)9(3)11(15)16/h8-10H,5-7H2,1-4H3,(H,15,16). The van der Waals surface area contributed by atoms with E-state index in [0.29, 0.717) is 5.92 Å². The number of aliphatic carboxylic acids is 1. The smallest absolute Gasteiger partial charge is 0.326 e. The van der Waals surface area contributed by atoms with Gasteiger partial charge in [0.2, 0.25) is 0 Å². The fraction of sp³-hybridized carbons (Fsp3) is 0.833. The molecular weight excluding hydrogens is 220 g/mol. The Morgan fingerprint density at radius 3 is 2.18 bits per heavy atom. The molecule has 5 heteroatoms. The SMILES string of the molecule is CC(C(=O)O)N(C)C(=O)N(CC1CC1)C(C)C. The number of carboxylic acid groups (broad SMARTS) is 1. The average molecular weight is 242 g/mol. The summed E-state index contributed by atoms with van der Waals surface area (Å²) in [6.45, 7) is 6.18. The number of urea groups is 1. The number of hydrogen-bond acceptors (Lipinski definition) is 2. The molecule has 5 nitrogen and oxygen atoms in total. The maximum atomic E-state index is 12.2. The first-order valence-electron chi connectivity index (χ1n) is 6.10. The van der Waals surface area contributed by atoms with Crippen LogP contribution in [-0.4, -0.2) is 52.6 Å². The van der Waals surface area contributed by atoms with Crippen molar-refractivity contribution in [1.29, 1.82) is 0 Å². The van der Waals surface area contributed by atoms with Crippen molar-refractivity contribution in [3.8, 4) is 0 Å². The Morgan fingerprint density at radius 2 is 1.82 bits per heavy atom. The lowest BCUT2D eigenvalue weighted by Gasteiger charge is -2.33. The molecule has 2 amide bonds. The van der Waals surface area contributed by atoms with E-state index in [2.05, 4.69) is 0 Å². The molecule has 1 atom stereocenters. The van der Waals surface area contributed by atoms with Crippen molar-refractivity contribution in [2.75, 3.05) is 13.6 Å². The van der Waals surface area contributed by atoms with E-state index in [1.165, 1.54) is 24.7 Å². The third-order valence-corrected chi connectivity index (χ3v) is 3.26. The Morgan fingerprint density at radius 1 is 1.29 bits per heavy atom. The van der Waals surface area contributed by atoms with Gasteiger partial charge in [-0.1, -0.05) is 0 Å². The highest BCUT2D eigenvalue weighted by molar-refractivity contribution is 5.82. The number of likely N-dealkylation sites (N-methyl/N-ethyl adjacent to an activating group) is 1. The third-order valence-electron chi connectivity index (χ3n) is 3.26. The average Bonchev–Trinajstić information content (AvgIpc) is 3.06. The lowest BCUT2D eigenvalue weighted by molar-refractivity contribution is -0.141. The molecule has 0 bridgehead atoms. The van der Waals surface area contributed by atoms with Crippen LogP contribution in [0.3, 0.4) is 0 Å². The van der Waals surface area contributed by atoms with Crippen molar-refractivity contribution in [2.24, 2.45) is 5.92 Å². The summed E-state index contributed by atoms with van der Waals surface area (Å²) in [5.41, 5.74) is 0. The van der Waals surface area contributed by atoms with Crippen LogP contribution in [0.5, 0.6) is 0 Å². The van der Waals surface area contributed by atoms with Crippen LogP contribution in [-0.2, 0) is 4.79 Å². The minimum absolute atomic E-state index is 0.103. The summed E-state index contributed by atoms with van der Waals surface area (Å²) in [6.07, 6.45) is 2.35. The molecule has 17 heavy (non-hydrogen) atoms. The van der Waals surface area contributed by atoms with Crippen LogP contribution in [0.15, 0.2) is 0 Å². The lowest BCUT2D eigenvalue weighted by atomic mass is 10.2. The Hall–Kier alpha value is -1.26.